The van der Waals surface area contributed by atoms with Crippen molar-refractivity contribution in [2.24, 2.45) is 27.1 Å². The normalized spacial score (nSPS) is 12.3. The summed E-state index contributed by atoms with van der Waals surface area (Å²) < 4.78 is 28.5. The maximum Gasteiger partial charge on any atom is 0.293 e. The lowest BCUT2D eigenvalue weighted by Gasteiger charge is -2.32. The summed E-state index contributed by atoms with van der Waals surface area (Å²) in [6.45, 7) is 6.82. The molecule has 0 spiro atoms. The lowest BCUT2D eigenvalue weighted by Crippen LogP contribution is -2.46. The summed E-state index contributed by atoms with van der Waals surface area (Å²) in [6.07, 6.45) is 8.47. The number of aromatic nitrogens is 3. The van der Waals surface area contributed by atoms with Crippen molar-refractivity contribution in [3.05, 3.63) is 294 Å². The number of carbonyl (C=O) groups excluding carboxylic acids is 4. The average Bonchev–Trinajstić information content (AvgIpc) is 0.956. The van der Waals surface area contributed by atoms with E-state index in [-0.39, 0.29) is 125 Å². The SMILES string of the molecule is C=C1C(OCc2ccccc2)=C(C(=O)NCCN(CCNC(=O)c2ccn(C)c(=O)c2OCc2ccccc2)CC(Cc2ccc(N)cc2)CN(CCNC(=O)c2ccn(C)c(=O)c2OCc2ccccc2)CCNC(=O)c2ccn(C)c(=O)c2OCc2ccccc2)C=CN1C. The zero-order valence-electron chi connectivity index (χ0n) is 55.1. The van der Waals surface area contributed by atoms with Crippen LogP contribution in [0.2, 0.25) is 0 Å². The highest BCUT2D eigenvalue weighted by Crippen LogP contribution is 2.26. The van der Waals surface area contributed by atoms with E-state index < -0.39 is 34.4 Å². The van der Waals surface area contributed by atoms with Gasteiger partial charge in [-0.1, -0.05) is 140 Å². The fourth-order valence-corrected chi connectivity index (χ4v) is 10.9. The minimum absolute atomic E-state index is 0.0526. The lowest BCUT2D eigenvalue weighted by molar-refractivity contribution is -0.117. The van der Waals surface area contributed by atoms with Crippen LogP contribution in [-0.2, 0) is 63.5 Å². The maximum atomic E-state index is 14.3. The molecule has 3 aromatic heterocycles. The van der Waals surface area contributed by atoms with Crippen LogP contribution in [0.4, 0.5) is 5.69 Å². The molecule has 22 nitrogen and oxygen atoms in total. The highest BCUT2D eigenvalue weighted by Gasteiger charge is 2.27. The van der Waals surface area contributed by atoms with E-state index in [0.29, 0.717) is 42.2 Å². The van der Waals surface area contributed by atoms with Gasteiger partial charge in [0.25, 0.3) is 40.3 Å². The lowest BCUT2D eigenvalue weighted by atomic mass is 9.97. The molecule has 1 aliphatic heterocycles. The number of aryl methyl sites for hydroxylation is 3. The molecular weight excluding hydrogens is 1230 g/mol. The van der Waals surface area contributed by atoms with E-state index in [0.717, 1.165) is 27.8 Å². The number of amides is 4. The van der Waals surface area contributed by atoms with Gasteiger partial charge in [-0.3, -0.25) is 43.4 Å². The van der Waals surface area contributed by atoms with Crippen LogP contribution < -0.4 is 57.9 Å². The Balaban J connectivity index is 0.989. The number of hydrogen-bond donors (Lipinski definition) is 5. The van der Waals surface area contributed by atoms with Gasteiger partial charge in [0, 0.05) is 124 Å². The van der Waals surface area contributed by atoms with Gasteiger partial charge < -0.3 is 64.5 Å². The summed E-state index contributed by atoms with van der Waals surface area (Å²) in [5, 5.41) is 12.2. The van der Waals surface area contributed by atoms with Crippen molar-refractivity contribution in [3.63, 3.8) is 0 Å². The number of likely N-dealkylation sites (N-methyl/N-ethyl adjacent to an activating group) is 1. The number of pyridine rings is 3. The fourth-order valence-electron chi connectivity index (χ4n) is 10.9. The second-order valence-corrected chi connectivity index (χ2v) is 23.6. The van der Waals surface area contributed by atoms with E-state index in [2.05, 4.69) is 37.6 Å². The van der Waals surface area contributed by atoms with Gasteiger partial charge in [-0.25, -0.2) is 0 Å². The van der Waals surface area contributed by atoms with E-state index >= 15 is 0 Å². The van der Waals surface area contributed by atoms with Crippen molar-refractivity contribution in [3.8, 4) is 17.2 Å². The van der Waals surface area contributed by atoms with Crippen molar-refractivity contribution in [2.45, 2.75) is 32.8 Å². The maximum absolute atomic E-state index is 14.3. The number of nitrogens with zero attached hydrogens (tertiary/aromatic N) is 6. The first-order chi connectivity index (χ1) is 47.0. The molecule has 97 heavy (non-hydrogen) atoms. The Kier molecular flexibility index (Phi) is 25.1. The standard InChI is InChI=1S/C75H83N11O11/c1-53-65(94-49-55-18-10-6-11-19-55)61(30-38-81(53)2)69(87)77-34-42-85(43-35-78-70(88)62-31-39-82(3)73(91)66(62)95-50-56-20-12-7-13-21-56)47-59(46-54-26-28-60(76)29-27-54)48-86(44-36-79-71(89)63-32-40-83(4)74(92)67(63)96-51-57-22-14-8-15-23-57)45-37-80-72(90)64-33-41-84(5)75(93)68(64)97-52-58-24-16-9-17-25-58/h6-33,38-41,59H,1,34-37,42-52,76H2,2-5H3,(H,77,87)(H,78,88)(H,79,89)(H,80,90). The van der Waals surface area contributed by atoms with Crippen LogP contribution in [0, 0.1) is 5.92 Å². The summed E-state index contributed by atoms with van der Waals surface area (Å²) in [4.78, 5) is 104. The van der Waals surface area contributed by atoms with Crippen LogP contribution in [0.25, 0.3) is 0 Å². The number of hydrogen-bond acceptors (Lipinski definition) is 15. The number of ether oxygens (including phenoxy) is 4. The molecule has 1 unspecified atom stereocenters. The first kappa shape index (κ1) is 70.1. The zero-order valence-corrected chi connectivity index (χ0v) is 55.1. The molecule has 22 heteroatoms. The first-order valence-corrected chi connectivity index (χ1v) is 32.0. The van der Waals surface area contributed by atoms with Crippen LogP contribution in [-0.4, -0.2) is 125 Å². The molecule has 1 atom stereocenters. The topological polar surface area (TPSA) is 255 Å². The monoisotopic (exact) mass is 1310 g/mol. The predicted molar refractivity (Wildman–Crippen MR) is 373 cm³/mol. The van der Waals surface area contributed by atoms with Gasteiger partial charge >= 0.3 is 0 Å². The Morgan fingerprint density at radius 3 is 1.12 bits per heavy atom. The Hall–Kier alpha value is -11.2. The molecule has 0 saturated heterocycles. The minimum Gasteiger partial charge on any atom is -0.486 e. The molecule has 0 fully saturated rings. The molecule has 504 valence electrons. The predicted octanol–water partition coefficient (Wildman–Crippen LogP) is 6.71. The second kappa shape index (κ2) is 34.8. The summed E-state index contributed by atoms with van der Waals surface area (Å²) in [6, 6.07) is 49.7. The van der Waals surface area contributed by atoms with Gasteiger partial charge in [-0.05, 0) is 76.6 Å². The van der Waals surface area contributed by atoms with Crippen molar-refractivity contribution in [2.75, 3.05) is 78.2 Å². The van der Waals surface area contributed by atoms with Gasteiger partial charge in [-0.15, -0.1) is 0 Å². The van der Waals surface area contributed by atoms with Crippen molar-refractivity contribution < 1.29 is 38.1 Å². The number of nitrogens with two attached hydrogens (primary N) is 1. The van der Waals surface area contributed by atoms with Crippen molar-refractivity contribution >= 4 is 29.3 Å². The van der Waals surface area contributed by atoms with Crippen molar-refractivity contribution in [1.82, 2.24) is 49.7 Å². The second-order valence-electron chi connectivity index (χ2n) is 23.6. The highest BCUT2D eigenvalue weighted by molar-refractivity contribution is 5.98. The third-order valence-corrected chi connectivity index (χ3v) is 16.3. The van der Waals surface area contributed by atoms with E-state index in [1.54, 1.807) is 44.4 Å². The summed E-state index contributed by atoms with van der Waals surface area (Å²) >= 11 is 0. The summed E-state index contributed by atoms with van der Waals surface area (Å²) in [5.41, 5.74) is 10.6. The van der Waals surface area contributed by atoms with Crippen LogP contribution in [0.1, 0.15) is 58.9 Å². The Morgan fingerprint density at radius 1 is 0.443 bits per heavy atom. The first-order valence-electron chi connectivity index (χ1n) is 32.0. The smallest absolute Gasteiger partial charge is 0.293 e. The molecule has 0 bridgehead atoms. The molecule has 6 N–H and O–H groups in total. The van der Waals surface area contributed by atoms with Crippen LogP contribution >= 0.6 is 0 Å². The number of nitrogen functional groups attached to an aromatic ring is 1. The molecule has 0 radical (unpaired) electrons. The van der Waals surface area contributed by atoms with Gasteiger partial charge in [-0.2, -0.15) is 0 Å². The third-order valence-electron chi connectivity index (χ3n) is 16.3. The zero-order chi connectivity index (χ0) is 68.6. The van der Waals surface area contributed by atoms with Crippen LogP contribution in [0.3, 0.4) is 0 Å². The highest BCUT2D eigenvalue weighted by atomic mass is 16.5. The Labute approximate surface area is 563 Å². The fraction of sp³-hybridized carbons (Fsp3) is 0.267. The summed E-state index contributed by atoms with van der Waals surface area (Å²) in [7, 11) is 6.57. The largest absolute Gasteiger partial charge is 0.486 e. The summed E-state index contributed by atoms with van der Waals surface area (Å²) in [5.74, 6) is -2.18. The molecule has 0 saturated carbocycles. The number of rotatable bonds is 34. The quantitative estimate of drug-likeness (QED) is 0.0263. The molecular formula is C75H83N11O11. The molecule has 5 aromatic carbocycles. The van der Waals surface area contributed by atoms with Gasteiger partial charge in [0.1, 0.15) is 26.4 Å². The molecule has 8 aromatic rings. The molecule has 0 aliphatic carbocycles. The van der Waals surface area contributed by atoms with Gasteiger partial charge in [0.05, 0.1) is 28.0 Å². The van der Waals surface area contributed by atoms with Crippen LogP contribution in [0.5, 0.6) is 17.2 Å². The average molecular weight is 1310 g/mol. The van der Waals surface area contributed by atoms with Gasteiger partial charge in [0.15, 0.2) is 23.0 Å². The van der Waals surface area contributed by atoms with E-state index in [9.17, 15) is 33.6 Å². The number of nitrogens with one attached hydrogen (secondary N) is 4. The Bertz CT molecular complexity index is 4130. The third kappa shape index (κ3) is 19.9. The van der Waals surface area contributed by atoms with Gasteiger partial charge in [0.2, 0.25) is 0 Å². The van der Waals surface area contributed by atoms with E-state index in [4.69, 9.17) is 24.7 Å². The van der Waals surface area contributed by atoms with Crippen molar-refractivity contribution in [1.29, 1.82) is 0 Å². The van der Waals surface area contributed by atoms with E-state index in [1.807, 2.05) is 153 Å². The molecule has 4 heterocycles. The minimum atomic E-state index is -0.534. The Morgan fingerprint density at radius 2 is 0.773 bits per heavy atom. The number of carbonyl (C=O) groups is 4. The molecule has 1 aliphatic rings. The van der Waals surface area contributed by atoms with E-state index in [1.165, 1.54) is 44.4 Å². The number of anilines is 1. The number of benzene rings is 5. The molecule has 4 amide bonds. The van der Waals surface area contributed by atoms with Crippen LogP contribution in [0.15, 0.2) is 233 Å². The molecule has 9 rings (SSSR count).